The summed E-state index contributed by atoms with van der Waals surface area (Å²) < 4.78 is 4.93. The van der Waals surface area contributed by atoms with Crippen molar-refractivity contribution >= 4 is 5.91 Å². The van der Waals surface area contributed by atoms with E-state index in [1.165, 1.54) is 6.20 Å². The summed E-state index contributed by atoms with van der Waals surface area (Å²) in [7, 11) is 0. The van der Waals surface area contributed by atoms with E-state index in [9.17, 15) is 4.79 Å². The molecular weight excluding hydrogens is 206 g/mol. The maximum absolute atomic E-state index is 12.2. The molecule has 2 aliphatic heterocycles. The number of likely N-dealkylation sites (tertiary alicyclic amines) is 1. The number of aromatic nitrogens is 1. The predicted molar refractivity (Wildman–Crippen MR) is 57.1 cm³/mol. The molecule has 2 aliphatic rings. The Bertz CT molecular complexity index is 415. The molecule has 86 valence electrons. The van der Waals surface area contributed by atoms with Crippen LogP contribution in [-0.4, -0.2) is 41.1 Å². The number of rotatable bonds is 1. The van der Waals surface area contributed by atoms with Crippen LogP contribution in [0.2, 0.25) is 0 Å². The minimum Gasteiger partial charge on any atom is -0.361 e. The first kappa shape index (κ1) is 9.84. The van der Waals surface area contributed by atoms with Gasteiger partial charge in [-0.25, -0.2) is 0 Å². The Hall–Kier alpha value is -1.36. The lowest BCUT2D eigenvalue weighted by molar-refractivity contribution is 0.0173. The highest BCUT2D eigenvalue weighted by Crippen LogP contribution is 2.28. The number of carbonyl (C=O) groups excluding carboxylic acids is 1. The molecule has 0 spiro atoms. The van der Waals surface area contributed by atoms with Crippen LogP contribution in [0.1, 0.15) is 29.0 Å². The minimum atomic E-state index is 0.0590. The molecule has 5 heteroatoms. The van der Waals surface area contributed by atoms with Crippen molar-refractivity contribution in [3.63, 3.8) is 0 Å². The Labute approximate surface area is 93.8 Å². The second-order valence-electron chi connectivity index (χ2n) is 4.52. The number of nitrogens with one attached hydrogen (secondary N) is 1. The van der Waals surface area contributed by atoms with Crippen LogP contribution >= 0.6 is 0 Å². The van der Waals surface area contributed by atoms with Crippen LogP contribution in [0.5, 0.6) is 0 Å². The number of amides is 1. The summed E-state index contributed by atoms with van der Waals surface area (Å²) in [6.07, 6.45) is 3.77. The number of hydrogen-bond acceptors (Lipinski definition) is 4. The molecule has 2 atom stereocenters. The molecule has 5 nitrogen and oxygen atoms in total. The van der Waals surface area contributed by atoms with Gasteiger partial charge in [0.2, 0.25) is 0 Å². The molecule has 3 heterocycles. The largest absolute Gasteiger partial charge is 0.361 e. The van der Waals surface area contributed by atoms with Crippen LogP contribution in [-0.2, 0) is 0 Å². The van der Waals surface area contributed by atoms with Crippen LogP contribution < -0.4 is 5.32 Å². The van der Waals surface area contributed by atoms with E-state index in [-0.39, 0.29) is 5.91 Å². The van der Waals surface area contributed by atoms with E-state index < -0.39 is 0 Å². The second-order valence-corrected chi connectivity index (χ2v) is 4.52. The van der Waals surface area contributed by atoms with Gasteiger partial charge in [-0.15, -0.1) is 0 Å². The topological polar surface area (TPSA) is 58.4 Å². The van der Waals surface area contributed by atoms with E-state index in [0.717, 1.165) is 25.9 Å². The van der Waals surface area contributed by atoms with Gasteiger partial charge in [-0.2, -0.15) is 0 Å². The van der Waals surface area contributed by atoms with Crippen LogP contribution in [0.25, 0.3) is 0 Å². The molecule has 2 unspecified atom stereocenters. The molecule has 0 bridgehead atoms. The summed E-state index contributed by atoms with van der Waals surface area (Å²) in [5, 5.41) is 7.08. The molecule has 16 heavy (non-hydrogen) atoms. The van der Waals surface area contributed by atoms with Gasteiger partial charge < -0.3 is 14.7 Å². The fraction of sp³-hybridized carbons (Fsp3) is 0.636. The number of hydrogen-bond donors (Lipinski definition) is 1. The molecule has 1 N–H and O–H groups in total. The molecule has 2 saturated heterocycles. The van der Waals surface area contributed by atoms with Crippen molar-refractivity contribution in [3.8, 4) is 0 Å². The maximum Gasteiger partial charge on any atom is 0.259 e. The Morgan fingerprint density at radius 3 is 3.25 bits per heavy atom. The van der Waals surface area contributed by atoms with Crippen LogP contribution in [0.4, 0.5) is 0 Å². The number of fused-ring (bicyclic) bond motifs is 1. The summed E-state index contributed by atoms with van der Waals surface area (Å²) in [6.45, 7) is 3.67. The SMILES string of the molecule is Cc1oncc1C(=O)N1CC2NCCCC21. The summed E-state index contributed by atoms with van der Waals surface area (Å²) >= 11 is 0. The Kier molecular flexibility index (Phi) is 2.21. The molecule has 0 saturated carbocycles. The van der Waals surface area contributed by atoms with Gasteiger partial charge in [0, 0.05) is 18.6 Å². The van der Waals surface area contributed by atoms with Gasteiger partial charge in [-0.05, 0) is 26.3 Å². The molecule has 3 rings (SSSR count). The lowest BCUT2D eigenvalue weighted by atomic mass is 9.88. The number of carbonyl (C=O) groups is 1. The Balaban J connectivity index is 1.75. The quantitative estimate of drug-likeness (QED) is 0.752. The normalized spacial score (nSPS) is 28.4. The highest BCUT2D eigenvalue weighted by molar-refractivity contribution is 5.95. The molecule has 1 aromatic rings. The third-order valence-electron chi connectivity index (χ3n) is 3.58. The van der Waals surface area contributed by atoms with Crippen molar-refractivity contribution in [3.05, 3.63) is 17.5 Å². The third-order valence-corrected chi connectivity index (χ3v) is 3.58. The molecule has 1 amide bonds. The first-order valence-electron chi connectivity index (χ1n) is 5.73. The Morgan fingerprint density at radius 1 is 1.69 bits per heavy atom. The minimum absolute atomic E-state index is 0.0590. The summed E-state index contributed by atoms with van der Waals surface area (Å²) in [6, 6.07) is 0.869. The third kappa shape index (κ3) is 1.35. The maximum atomic E-state index is 12.2. The zero-order valence-electron chi connectivity index (χ0n) is 9.27. The standard InChI is InChI=1S/C11H15N3O2/c1-7-8(5-13-16-7)11(15)14-6-9-10(14)3-2-4-12-9/h5,9-10,12H,2-4,6H2,1H3. The zero-order chi connectivity index (χ0) is 11.1. The van der Waals surface area contributed by atoms with Gasteiger partial charge in [-0.3, -0.25) is 4.79 Å². The zero-order valence-corrected chi connectivity index (χ0v) is 9.27. The molecular formula is C11H15N3O2. The van der Waals surface area contributed by atoms with Crippen molar-refractivity contribution in [1.29, 1.82) is 0 Å². The van der Waals surface area contributed by atoms with Crippen molar-refractivity contribution in [2.75, 3.05) is 13.1 Å². The monoisotopic (exact) mass is 221 g/mol. The van der Waals surface area contributed by atoms with Crippen LogP contribution in [0.3, 0.4) is 0 Å². The van der Waals surface area contributed by atoms with Crippen molar-refractivity contribution in [1.82, 2.24) is 15.4 Å². The summed E-state index contributed by atoms with van der Waals surface area (Å²) in [5.41, 5.74) is 0.601. The van der Waals surface area contributed by atoms with Gasteiger partial charge in [0.15, 0.2) is 0 Å². The van der Waals surface area contributed by atoms with Crippen LogP contribution in [0, 0.1) is 6.92 Å². The van der Waals surface area contributed by atoms with E-state index in [2.05, 4.69) is 10.5 Å². The van der Waals surface area contributed by atoms with E-state index in [1.807, 2.05) is 4.90 Å². The van der Waals surface area contributed by atoms with Gasteiger partial charge in [0.25, 0.3) is 5.91 Å². The second kappa shape index (κ2) is 3.59. The molecule has 0 aliphatic carbocycles. The van der Waals surface area contributed by atoms with E-state index in [4.69, 9.17) is 4.52 Å². The highest BCUT2D eigenvalue weighted by Gasteiger charge is 2.43. The van der Waals surface area contributed by atoms with Gasteiger partial charge in [0.05, 0.1) is 6.20 Å². The van der Waals surface area contributed by atoms with Gasteiger partial charge in [0.1, 0.15) is 11.3 Å². The van der Waals surface area contributed by atoms with Gasteiger partial charge in [-0.1, -0.05) is 5.16 Å². The summed E-state index contributed by atoms with van der Waals surface area (Å²) in [4.78, 5) is 14.1. The van der Waals surface area contributed by atoms with Crippen molar-refractivity contribution < 1.29 is 9.32 Å². The fourth-order valence-corrected chi connectivity index (χ4v) is 2.60. The molecule has 2 fully saturated rings. The Morgan fingerprint density at radius 2 is 2.56 bits per heavy atom. The van der Waals surface area contributed by atoms with Crippen molar-refractivity contribution in [2.24, 2.45) is 0 Å². The average Bonchev–Trinajstić information content (AvgIpc) is 2.66. The fourth-order valence-electron chi connectivity index (χ4n) is 2.60. The van der Waals surface area contributed by atoms with E-state index in [0.29, 0.717) is 23.4 Å². The molecule has 1 aromatic heterocycles. The summed E-state index contributed by atoms with van der Waals surface area (Å²) in [5.74, 6) is 0.668. The van der Waals surface area contributed by atoms with Crippen molar-refractivity contribution in [2.45, 2.75) is 31.8 Å². The van der Waals surface area contributed by atoms with E-state index in [1.54, 1.807) is 6.92 Å². The lowest BCUT2D eigenvalue weighted by Crippen LogP contribution is -2.69. The average molecular weight is 221 g/mol. The number of nitrogens with zero attached hydrogens (tertiary/aromatic N) is 2. The molecule has 0 aromatic carbocycles. The van der Waals surface area contributed by atoms with E-state index >= 15 is 0 Å². The van der Waals surface area contributed by atoms with Gasteiger partial charge >= 0.3 is 0 Å². The number of aryl methyl sites for hydroxylation is 1. The first-order chi connectivity index (χ1) is 7.77. The van der Waals surface area contributed by atoms with Crippen LogP contribution in [0.15, 0.2) is 10.7 Å². The molecule has 0 radical (unpaired) electrons. The smallest absolute Gasteiger partial charge is 0.259 e. The number of piperidine rings is 1. The highest BCUT2D eigenvalue weighted by atomic mass is 16.5. The lowest BCUT2D eigenvalue weighted by Gasteiger charge is -2.51. The predicted octanol–water partition coefficient (Wildman–Crippen LogP) is 0.559. The first-order valence-corrected chi connectivity index (χ1v) is 5.73.